The number of rotatable bonds is 37. The zero-order chi connectivity index (χ0) is 48.6. The molecule has 1 fully saturated rings. The Morgan fingerprint density at radius 2 is 1.38 bits per heavy atom. The van der Waals surface area contributed by atoms with Crippen molar-refractivity contribution in [3.63, 3.8) is 0 Å². The van der Waals surface area contributed by atoms with E-state index in [0.29, 0.717) is 25.2 Å². The molecule has 66 heavy (non-hydrogen) atoms. The van der Waals surface area contributed by atoms with Crippen molar-refractivity contribution >= 4 is 33.4 Å². The molecule has 0 amide bonds. The van der Waals surface area contributed by atoms with E-state index in [1.807, 2.05) is 18.2 Å². The molecular formula is C45H75N3O16P2. The number of aromatic nitrogens is 2. The van der Waals surface area contributed by atoms with Gasteiger partial charge in [0, 0.05) is 25.6 Å². The number of nitrogens with zero attached hydrogens (tertiary/aromatic N) is 2. The topological polar surface area (TPSA) is 286 Å². The smallest absolute Gasteiger partial charge is 0.462 e. The molecule has 0 saturated carbocycles. The molecule has 2 rings (SSSR count). The second-order valence-electron chi connectivity index (χ2n) is 16.2. The molecule has 1 saturated heterocycles. The van der Waals surface area contributed by atoms with Gasteiger partial charge in [-0.1, -0.05) is 114 Å². The highest BCUT2D eigenvalue weighted by molar-refractivity contribution is 7.61. The molecule has 1 aromatic heterocycles. The largest absolute Gasteiger partial charge is 0.481 e. The number of allylic oxidation sites excluding steroid dienone is 8. The third-order valence-corrected chi connectivity index (χ3v) is 13.1. The van der Waals surface area contributed by atoms with Gasteiger partial charge in [0.2, 0.25) is 0 Å². The van der Waals surface area contributed by atoms with Crippen LogP contribution in [0, 0.1) is 5.92 Å². The molecule has 1 aliphatic heterocycles. The van der Waals surface area contributed by atoms with Gasteiger partial charge in [0.1, 0.15) is 30.7 Å². The van der Waals surface area contributed by atoms with E-state index in [2.05, 4.69) is 53.5 Å². The lowest BCUT2D eigenvalue weighted by molar-refractivity contribution is -0.161. The van der Waals surface area contributed by atoms with Gasteiger partial charge in [-0.15, -0.1) is 0 Å². The fourth-order valence-electron chi connectivity index (χ4n) is 6.49. The standard InChI is InChI=1S/C45H75N3O16P2/c1-3-36(2)27-23-19-16-17-20-24-28-40(50)59-33-37(62-41(51)29-25-21-15-13-11-9-7-5-4-6-8-10-12-14-18-22-26-32-49)34-60-65(55,56)64-66(57,58)61-35-38-42(52)43(53)44(63-38)48-31-30-39(46)47-45(48)54/h4,6-7,9-10,12-13,15,30-31,36-38,42-44,49,52-53H,3,5,8,11,14,16-29,32-35H2,1-2H3,(H,55,56)(H,57,58)(H2,46,47,54)/b6-4-,9-7-,12-10-,15-13-/t36?,37-,38-,42-,43-,44-/m1/s1. The highest BCUT2D eigenvalue weighted by Gasteiger charge is 2.46. The molecule has 8 atom stereocenters. The number of aliphatic hydroxyl groups excluding tert-OH is 3. The van der Waals surface area contributed by atoms with Gasteiger partial charge in [-0.25, -0.2) is 13.9 Å². The van der Waals surface area contributed by atoms with Crippen molar-refractivity contribution in [1.82, 2.24) is 9.55 Å². The minimum atomic E-state index is -5.44. The lowest BCUT2D eigenvalue weighted by atomic mass is 10.00. The van der Waals surface area contributed by atoms with E-state index < -0.39 is 83.7 Å². The molecule has 1 aliphatic rings. The van der Waals surface area contributed by atoms with Crippen molar-refractivity contribution in [3.05, 3.63) is 71.4 Å². The van der Waals surface area contributed by atoms with Crippen LogP contribution in [0.25, 0.3) is 0 Å². The number of phosphoric acid groups is 2. The number of unbranched alkanes of at least 4 members (excludes halogenated alkanes) is 9. The summed E-state index contributed by atoms with van der Waals surface area (Å²) in [5.74, 6) is -0.673. The van der Waals surface area contributed by atoms with Crippen molar-refractivity contribution in [2.75, 3.05) is 32.2 Å². The maximum absolute atomic E-state index is 12.8. The molecule has 19 nitrogen and oxygen atoms in total. The Morgan fingerprint density at radius 1 is 0.803 bits per heavy atom. The lowest BCUT2D eigenvalue weighted by Gasteiger charge is -2.21. The number of nitrogen functional groups attached to an aromatic ring is 1. The van der Waals surface area contributed by atoms with Crippen LogP contribution in [0.15, 0.2) is 65.7 Å². The first-order valence-electron chi connectivity index (χ1n) is 23.2. The molecule has 2 heterocycles. The number of anilines is 1. The summed E-state index contributed by atoms with van der Waals surface area (Å²) in [6.45, 7) is 2.31. The zero-order valence-electron chi connectivity index (χ0n) is 38.6. The highest BCUT2D eigenvalue weighted by atomic mass is 31.3. The molecule has 7 N–H and O–H groups in total. The molecule has 0 aromatic carbocycles. The van der Waals surface area contributed by atoms with Crippen LogP contribution in [0.2, 0.25) is 0 Å². The number of carbonyl (C=O) groups excluding carboxylic acids is 2. The Hall–Kier alpha value is -3.32. The third-order valence-electron chi connectivity index (χ3n) is 10.5. The van der Waals surface area contributed by atoms with Crippen LogP contribution in [0.4, 0.5) is 5.82 Å². The molecule has 21 heteroatoms. The number of nitrogens with two attached hydrogens (primary N) is 1. The number of ether oxygens (including phenoxy) is 3. The second kappa shape index (κ2) is 34.0. The van der Waals surface area contributed by atoms with E-state index in [-0.39, 0.29) is 25.3 Å². The average molecular weight is 976 g/mol. The van der Waals surface area contributed by atoms with Gasteiger partial charge < -0.3 is 45.1 Å². The Balaban J connectivity index is 1.85. The fourth-order valence-corrected chi connectivity index (χ4v) is 8.61. The number of aliphatic hydroxyl groups is 3. The summed E-state index contributed by atoms with van der Waals surface area (Å²) in [7, 11) is -10.9. The van der Waals surface area contributed by atoms with Crippen LogP contribution in [0.5, 0.6) is 0 Å². The van der Waals surface area contributed by atoms with Gasteiger partial charge >= 0.3 is 33.3 Å². The molecule has 0 aliphatic carbocycles. The first-order valence-corrected chi connectivity index (χ1v) is 26.1. The summed E-state index contributed by atoms with van der Waals surface area (Å²) in [4.78, 5) is 61.6. The first-order chi connectivity index (χ1) is 31.6. The summed E-state index contributed by atoms with van der Waals surface area (Å²) in [5, 5.41) is 29.7. The van der Waals surface area contributed by atoms with Crippen molar-refractivity contribution in [3.8, 4) is 0 Å². The number of hydrogen-bond donors (Lipinski definition) is 6. The number of hydrogen-bond acceptors (Lipinski definition) is 16. The minimum Gasteiger partial charge on any atom is -0.462 e. The third kappa shape index (κ3) is 26.9. The number of phosphoric ester groups is 2. The van der Waals surface area contributed by atoms with Gasteiger partial charge in [0.15, 0.2) is 12.3 Å². The summed E-state index contributed by atoms with van der Waals surface area (Å²) >= 11 is 0. The SMILES string of the molecule is CCC(C)CCCCCCCCC(=O)OC[C@H](COP(=O)(O)OP(=O)(O)OC[C@H]1O[C@@H](n2ccc(N)nc2=O)[C@H](O)[C@@H]1O)OC(=O)CCC/C=C\C/C=C\C/C=C\C/C=C\CCCCCO. The minimum absolute atomic E-state index is 0.0367. The molecule has 3 unspecified atom stereocenters. The Kier molecular flexibility index (Phi) is 30.3. The first kappa shape index (κ1) is 58.8. The fraction of sp³-hybridized carbons (Fsp3) is 0.689. The summed E-state index contributed by atoms with van der Waals surface area (Å²) < 4.78 is 56.5. The summed E-state index contributed by atoms with van der Waals surface area (Å²) in [5.41, 5.74) is 4.57. The van der Waals surface area contributed by atoms with Gasteiger partial charge in [-0.3, -0.25) is 23.2 Å². The van der Waals surface area contributed by atoms with E-state index in [4.69, 9.17) is 34.1 Å². The van der Waals surface area contributed by atoms with Gasteiger partial charge in [-0.2, -0.15) is 9.29 Å². The summed E-state index contributed by atoms with van der Waals surface area (Å²) in [6, 6.07) is 1.24. The number of carbonyl (C=O) groups is 2. The van der Waals surface area contributed by atoms with Crippen molar-refractivity contribution in [2.45, 2.75) is 166 Å². The van der Waals surface area contributed by atoms with Gasteiger partial charge in [-0.05, 0) is 69.8 Å². The van der Waals surface area contributed by atoms with E-state index in [0.717, 1.165) is 81.4 Å². The summed E-state index contributed by atoms with van der Waals surface area (Å²) in [6.07, 6.45) is 25.4. The molecule has 376 valence electrons. The zero-order valence-corrected chi connectivity index (χ0v) is 40.4. The molecule has 1 aromatic rings. The van der Waals surface area contributed by atoms with E-state index in [1.165, 1.54) is 25.3 Å². The number of esters is 2. The van der Waals surface area contributed by atoms with E-state index in [9.17, 15) is 43.5 Å². The van der Waals surface area contributed by atoms with Crippen LogP contribution in [-0.4, -0.2) is 97.4 Å². The maximum atomic E-state index is 12.8. The second-order valence-corrected chi connectivity index (χ2v) is 19.3. The molecule has 0 bridgehead atoms. The molecule has 0 radical (unpaired) electrons. The Morgan fingerprint density at radius 3 is 2.02 bits per heavy atom. The lowest BCUT2D eigenvalue weighted by Crippen LogP contribution is -2.36. The van der Waals surface area contributed by atoms with Crippen LogP contribution in [0.3, 0.4) is 0 Å². The van der Waals surface area contributed by atoms with Gasteiger partial charge in [0.25, 0.3) is 0 Å². The Labute approximate surface area is 389 Å². The maximum Gasteiger partial charge on any atom is 0.481 e. The predicted molar refractivity (Wildman–Crippen MR) is 249 cm³/mol. The van der Waals surface area contributed by atoms with Crippen LogP contribution >= 0.6 is 15.6 Å². The molecule has 0 spiro atoms. The van der Waals surface area contributed by atoms with Crippen LogP contribution in [0.1, 0.15) is 142 Å². The highest BCUT2D eigenvalue weighted by Crippen LogP contribution is 2.60. The average Bonchev–Trinajstić information content (AvgIpc) is 3.55. The monoisotopic (exact) mass is 975 g/mol. The Bertz CT molecular complexity index is 1810. The quantitative estimate of drug-likeness (QED) is 0.0163. The normalized spacial score (nSPS) is 20.6. The van der Waals surface area contributed by atoms with E-state index >= 15 is 0 Å². The molecular weight excluding hydrogens is 900 g/mol. The predicted octanol–water partition coefficient (Wildman–Crippen LogP) is 7.44. The van der Waals surface area contributed by atoms with Crippen molar-refractivity contribution in [1.29, 1.82) is 0 Å². The van der Waals surface area contributed by atoms with Crippen LogP contribution < -0.4 is 11.4 Å². The van der Waals surface area contributed by atoms with Crippen molar-refractivity contribution < 1.29 is 71.4 Å². The van der Waals surface area contributed by atoms with E-state index in [1.54, 1.807) is 0 Å². The van der Waals surface area contributed by atoms with Crippen LogP contribution in [-0.2, 0) is 46.3 Å². The van der Waals surface area contributed by atoms with Crippen molar-refractivity contribution in [2.24, 2.45) is 5.92 Å². The van der Waals surface area contributed by atoms with Gasteiger partial charge in [0.05, 0.1) is 13.2 Å².